The van der Waals surface area contributed by atoms with E-state index in [2.05, 4.69) is 76.5 Å². The highest BCUT2D eigenvalue weighted by Gasteiger charge is 2.10. The number of aryl methyl sites for hydroxylation is 2. The average Bonchev–Trinajstić information content (AvgIpc) is 2.84. The summed E-state index contributed by atoms with van der Waals surface area (Å²) in [6.45, 7) is 1.05. The number of anilines is 1. The Morgan fingerprint density at radius 3 is 2.75 bits per heavy atom. The van der Waals surface area contributed by atoms with Gasteiger partial charge in [0.25, 0.3) is 0 Å². The lowest BCUT2D eigenvalue weighted by atomic mass is 10.0. The van der Waals surface area contributed by atoms with Crippen LogP contribution in [0.15, 0.2) is 54.6 Å². The van der Waals surface area contributed by atoms with Crippen LogP contribution in [0.2, 0.25) is 0 Å². The molecule has 0 amide bonds. The molecule has 1 aliphatic carbocycles. The highest BCUT2D eigenvalue weighted by Crippen LogP contribution is 2.27. The van der Waals surface area contributed by atoms with Crippen molar-refractivity contribution in [3.8, 4) is 0 Å². The Morgan fingerprint density at radius 1 is 0.875 bits per heavy atom. The molecule has 0 saturated carbocycles. The van der Waals surface area contributed by atoms with Crippen LogP contribution in [0.5, 0.6) is 0 Å². The second-order valence-electron chi connectivity index (χ2n) is 6.32. The van der Waals surface area contributed by atoms with Crippen molar-refractivity contribution in [3.05, 3.63) is 71.4 Å². The van der Waals surface area contributed by atoms with Gasteiger partial charge in [0.15, 0.2) is 0 Å². The Kier molecular flexibility index (Phi) is 4.34. The zero-order valence-electron chi connectivity index (χ0n) is 13.8. The Balaban J connectivity index is 0.000000123. The first kappa shape index (κ1) is 15.0. The summed E-state index contributed by atoms with van der Waals surface area (Å²) in [5, 5.41) is 1.36. The van der Waals surface area contributed by atoms with E-state index in [9.17, 15) is 0 Å². The van der Waals surface area contributed by atoms with Gasteiger partial charge in [-0.05, 0) is 43.4 Å². The van der Waals surface area contributed by atoms with Crippen LogP contribution in [0, 0.1) is 0 Å². The predicted octanol–water partition coefficient (Wildman–Crippen LogP) is 4.68. The first-order chi connectivity index (χ1) is 11.9. The molecule has 3 N–H and O–H groups in total. The van der Waals surface area contributed by atoms with E-state index in [0.29, 0.717) is 0 Å². The van der Waals surface area contributed by atoms with Crippen molar-refractivity contribution in [2.45, 2.75) is 25.7 Å². The van der Waals surface area contributed by atoms with Crippen molar-refractivity contribution in [1.82, 2.24) is 10.4 Å². The normalized spacial score (nSPS) is 15.5. The van der Waals surface area contributed by atoms with Gasteiger partial charge in [-0.2, -0.15) is 0 Å². The summed E-state index contributed by atoms with van der Waals surface area (Å²) in [5.74, 6) is 0. The summed E-state index contributed by atoms with van der Waals surface area (Å²) in [6, 6.07) is 16.9. The van der Waals surface area contributed by atoms with E-state index in [4.69, 9.17) is 0 Å². The molecule has 5 rings (SSSR count). The van der Waals surface area contributed by atoms with Crippen molar-refractivity contribution in [2.75, 3.05) is 12.0 Å². The van der Waals surface area contributed by atoms with Gasteiger partial charge in [0.1, 0.15) is 0 Å². The first-order valence-electron chi connectivity index (χ1n) is 8.75. The maximum Gasteiger partial charge on any atom is 0.0519 e. The SMILES string of the molecule is C1=Cc2c([nH]c3ccccc23)CC1.c1ccc2c(c1)CCCNN2. The second kappa shape index (κ2) is 6.93. The number of aromatic amines is 1. The lowest BCUT2D eigenvalue weighted by molar-refractivity contribution is 0.741. The van der Waals surface area contributed by atoms with Crippen molar-refractivity contribution < 1.29 is 0 Å². The monoisotopic (exact) mass is 317 g/mol. The molecule has 3 heteroatoms. The van der Waals surface area contributed by atoms with E-state index in [1.165, 1.54) is 52.7 Å². The highest BCUT2D eigenvalue weighted by atomic mass is 15.4. The summed E-state index contributed by atoms with van der Waals surface area (Å²) in [4.78, 5) is 3.46. The van der Waals surface area contributed by atoms with Crippen molar-refractivity contribution in [2.24, 2.45) is 0 Å². The van der Waals surface area contributed by atoms with Gasteiger partial charge in [0.05, 0.1) is 5.69 Å². The van der Waals surface area contributed by atoms with Crippen molar-refractivity contribution in [3.63, 3.8) is 0 Å². The van der Waals surface area contributed by atoms with Gasteiger partial charge in [-0.3, -0.25) is 0 Å². The summed E-state index contributed by atoms with van der Waals surface area (Å²) in [6.07, 6.45) is 9.20. The Bertz CT molecular complexity index is 835. The maximum absolute atomic E-state index is 3.46. The third-order valence-electron chi connectivity index (χ3n) is 4.66. The molecule has 0 atom stereocenters. The number of hydrogen-bond donors (Lipinski definition) is 3. The van der Waals surface area contributed by atoms with E-state index in [-0.39, 0.29) is 0 Å². The molecular weight excluding hydrogens is 294 g/mol. The maximum atomic E-state index is 3.46. The topological polar surface area (TPSA) is 39.9 Å². The minimum Gasteiger partial charge on any atom is -0.358 e. The van der Waals surface area contributed by atoms with Crippen LogP contribution >= 0.6 is 0 Å². The van der Waals surface area contributed by atoms with Crippen molar-refractivity contribution >= 4 is 22.7 Å². The van der Waals surface area contributed by atoms with E-state index >= 15 is 0 Å². The number of benzene rings is 2. The third kappa shape index (κ3) is 3.08. The standard InChI is InChI=1S/C12H11N.C9H12N2/c1-3-7-11-9(5-1)10-6-2-4-8-12(10)13-11;1-2-6-9-8(4-1)5-3-7-10-11-9/h1-3,5-7,13H,4,8H2;1-2,4,6,10-11H,3,5,7H2. The van der Waals surface area contributed by atoms with Gasteiger partial charge in [-0.15, -0.1) is 0 Å². The van der Waals surface area contributed by atoms with Crippen LogP contribution in [-0.4, -0.2) is 11.5 Å². The largest absolute Gasteiger partial charge is 0.358 e. The minimum absolute atomic E-state index is 1.05. The van der Waals surface area contributed by atoms with Crippen LogP contribution in [0.1, 0.15) is 29.7 Å². The Labute approximate surface area is 142 Å². The molecule has 0 bridgehead atoms. The van der Waals surface area contributed by atoms with Gasteiger partial charge in [-0.1, -0.05) is 48.6 Å². The zero-order chi connectivity index (χ0) is 16.2. The van der Waals surface area contributed by atoms with E-state index < -0.39 is 0 Å². The van der Waals surface area contributed by atoms with E-state index in [1.54, 1.807) is 0 Å². The Hall–Kier alpha value is -2.52. The minimum atomic E-state index is 1.05. The highest BCUT2D eigenvalue weighted by molar-refractivity contribution is 5.90. The number of hydrogen-bond acceptors (Lipinski definition) is 2. The lowest BCUT2D eigenvalue weighted by Crippen LogP contribution is -2.20. The number of aromatic nitrogens is 1. The molecule has 0 fully saturated rings. The quantitative estimate of drug-likeness (QED) is 0.563. The summed E-state index contributed by atoms with van der Waals surface area (Å²) in [7, 11) is 0. The Morgan fingerprint density at radius 2 is 1.75 bits per heavy atom. The van der Waals surface area contributed by atoms with Crippen LogP contribution in [0.3, 0.4) is 0 Å². The molecular formula is C21H23N3. The molecule has 3 aromatic rings. The van der Waals surface area contributed by atoms with E-state index in [1.807, 2.05) is 0 Å². The zero-order valence-corrected chi connectivity index (χ0v) is 13.8. The molecule has 0 radical (unpaired) electrons. The summed E-state index contributed by atoms with van der Waals surface area (Å²) in [5.41, 5.74) is 13.0. The number of fused-ring (bicyclic) bond motifs is 4. The molecule has 3 nitrogen and oxygen atoms in total. The molecule has 2 aliphatic rings. The van der Waals surface area contributed by atoms with Crippen LogP contribution in [-0.2, 0) is 12.8 Å². The molecule has 0 unspecified atom stereocenters. The number of hydrazine groups is 1. The van der Waals surface area contributed by atoms with Crippen LogP contribution in [0.25, 0.3) is 17.0 Å². The predicted molar refractivity (Wildman–Crippen MR) is 102 cm³/mol. The fourth-order valence-electron chi connectivity index (χ4n) is 3.42. The summed E-state index contributed by atoms with van der Waals surface area (Å²) >= 11 is 0. The van der Waals surface area contributed by atoms with Gasteiger partial charge < -0.3 is 10.4 Å². The summed E-state index contributed by atoms with van der Waals surface area (Å²) < 4.78 is 0. The number of H-pyrrole nitrogens is 1. The van der Waals surface area contributed by atoms with Gasteiger partial charge >= 0.3 is 0 Å². The van der Waals surface area contributed by atoms with Gasteiger partial charge in [-0.25, -0.2) is 5.43 Å². The molecule has 2 heterocycles. The van der Waals surface area contributed by atoms with Crippen molar-refractivity contribution in [1.29, 1.82) is 0 Å². The second-order valence-corrected chi connectivity index (χ2v) is 6.32. The molecule has 24 heavy (non-hydrogen) atoms. The average molecular weight is 317 g/mol. The van der Waals surface area contributed by atoms with Gasteiger partial charge in [0, 0.05) is 28.7 Å². The molecule has 1 aliphatic heterocycles. The molecule has 0 spiro atoms. The fourth-order valence-corrected chi connectivity index (χ4v) is 3.42. The molecule has 2 aromatic carbocycles. The lowest BCUT2D eigenvalue weighted by Gasteiger charge is -2.05. The molecule has 1 aromatic heterocycles. The fraction of sp³-hybridized carbons (Fsp3) is 0.238. The number of para-hydroxylation sites is 2. The van der Waals surface area contributed by atoms with Gasteiger partial charge in [0.2, 0.25) is 0 Å². The number of rotatable bonds is 0. The molecule has 0 saturated heterocycles. The third-order valence-corrected chi connectivity index (χ3v) is 4.66. The number of allylic oxidation sites excluding steroid dienone is 1. The first-order valence-corrected chi connectivity index (χ1v) is 8.75. The number of nitrogens with one attached hydrogen (secondary N) is 3. The smallest absolute Gasteiger partial charge is 0.0519 e. The van der Waals surface area contributed by atoms with Crippen LogP contribution in [0.4, 0.5) is 5.69 Å². The van der Waals surface area contributed by atoms with E-state index in [0.717, 1.165) is 13.0 Å². The molecule has 122 valence electrons. The van der Waals surface area contributed by atoms with Crippen LogP contribution < -0.4 is 10.9 Å².